The van der Waals surface area contributed by atoms with E-state index in [0.717, 1.165) is 18.9 Å². The van der Waals surface area contributed by atoms with Crippen LogP contribution in [0.5, 0.6) is 0 Å². The molecule has 4 heteroatoms. The molecule has 1 heterocycles. The first-order chi connectivity index (χ1) is 10.4. The zero-order valence-corrected chi connectivity index (χ0v) is 12.3. The van der Waals surface area contributed by atoms with Gasteiger partial charge in [-0.3, -0.25) is 0 Å². The molecule has 1 N–H and O–H groups in total. The maximum absolute atomic E-state index is 4.45. The lowest BCUT2D eigenvalue weighted by molar-refractivity contribution is 0.440. The van der Waals surface area contributed by atoms with E-state index < -0.39 is 0 Å². The van der Waals surface area contributed by atoms with E-state index in [4.69, 9.17) is 0 Å². The lowest BCUT2D eigenvalue weighted by Crippen LogP contribution is -2.22. The van der Waals surface area contributed by atoms with Crippen LogP contribution < -0.4 is 5.32 Å². The fourth-order valence-corrected chi connectivity index (χ4v) is 3.35. The van der Waals surface area contributed by atoms with Gasteiger partial charge in [-0.1, -0.05) is 24.3 Å². The van der Waals surface area contributed by atoms with E-state index in [0.29, 0.717) is 12.0 Å². The molecule has 0 bridgehead atoms. The van der Waals surface area contributed by atoms with Crippen molar-refractivity contribution in [2.75, 3.05) is 0 Å². The molecule has 21 heavy (non-hydrogen) atoms. The molecule has 2 aromatic rings. The average molecular weight is 282 g/mol. The van der Waals surface area contributed by atoms with Crippen molar-refractivity contribution in [1.82, 2.24) is 20.1 Å². The highest BCUT2D eigenvalue weighted by Gasteiger charge is 2.23. The normalized spacial score (nSPS) is 21.2. The van der Waals surface area contributed by atoms with Gasteiger partial charge in [-0.05, 0) is 43.2 Å². The highest BCUT2D eigenvalue weighted by molar-refractivity contribution is 5.32. The lowest BCUT2D eigenvalue weighted by atomic mass is 9.83. The fourth-order valence-electron chi connectivity index (χ4n) is 3.35. The number of aryl methyl sites for hydroxylation is 1. The molecule has 1 unspecified atom stereocenters. The Morgan fingerprint density at radius 3 is 3.00 bits per heavy atom. The first-order valence-electron chi connectivity index (χ1n) is 8.08. The summed E-state index contributed by atoms with van der Waals surface area (Å²) in [5.74, 6) is 1.65. The number of nitrogens with zero attached hydrogens (tertiary/aromatic N) is 3. The molecule has 0 amide bonds. The Bertz CT molecular complexity index is 615. The molecule has 0 saturated heterocycles. The molecule has 4 rings (SSSR count). The summed E-state index contributed by atoms with van der Waals surface area (Å²) in [6.45, 7) is 1.80. The molecule has 1 aromatic carbocycles. The molecular weight excluding hydrogens is 260 g/mol. The minimum Gasteiger partial charge on any atom is -0.307 e. The van der Waals surface area contributed by atoms with Gasteiger partial charge < -0.3 is 5.32 Å². The molecule has 1 fully saturated rings. The highest BCUT2D eigenvalue weighted by atomic mass is 15.3. The van der Waals surface area contributed by atoms with Crippen molar-refractivity contribution in [3.8, 4) is 0 Å². The third-order valence-electron chi connectivity index (χ3n) is 4.71. The molecule has 0 radical (unpaired) electrons. The smallest absolute Gasteiger partial charge is 0.140 e. The fraction of sp³-hybridized carbons (Fsp3) is 0.529. The predicted octanol–water partition coefficient (Wildman–Crippen LogP) is 2.65. The van der Waals surface area contributed by atoms with Crippen LogP contribution in [0, 0.1) is 0 Å². The minimum atomic E-state index is 0.580. The summed E-state index contributed by atoms with van der Waals surface area (Å²) in [6.07, 6.45) is 8.07. The first kappa shape index (κ1) is 13.0. The molecule has 110 valence electrons. The van der Waals surface area contributed by atoms with Gasteiger partial charge in [-0.2, -0.15) is 5.10 Å². The van der Waals surface area contributed by atoms with Crippen molar-refractivity contribution in [3.05, 3.63) is 47.5 Å². The van der Waals surface area contributed by atoms with Crippen molar-refractivity contribution in [1.29, 1.82) is 0 Å². The quantitative estimate of drug-likeness (QED) is 0.917. The Morgan fingerprint density at radius 2 is 2.10 bits per heavy atom. The Hall–Kier alpha value is -1.68. The standard InChI is InChI=1S/C17H22N4/c1-2-7-16-13(4-1)5-3-6-14(16)11-21-17(19-12-20-21)10-18-15-8-9-15/h1-2,4,7,12,14-15,18H,3,5-6,8-11H2. The maximum atomic E-state index is 4.45. The first-order valence-corrected chi connectivity index (χ1v) is 8.08. The number of rotatable bonds is 5. The molecule has 0 spiro atoms. The van der Waals surface area contributed by atoms with E-state index in [2.05, 4.69) is 44.3 Å². The number of hydrogen-bond donors (Lipinski definition) is 1. The number of nitrogens with one attached hydrogen (secondary N) is 1. The van der Waals surface area contributed by atoms with Gasteiger partial charge in [0.2, 0.25) is 0 Å². The summed E-state index contributed by atoms with van der Waals surface area (Å²) in [5, 5.41) is 7.98. The molecule has 1 atom stereocenters. The topological polar surface area (TPSA) is 42.7 Å². The van der Waals surface area contributed by atoms with Gasteiger partial charge in [-0.25, -0.2) is 9.67 Å². The van der Waals surface area contributed by atoms with Crippen molar-refractivity contribution in [2.45, 2.75) is 57.2 Å². The Labute approximate surface area is 125 Å². The second kappa shape index (κ2) is 5.60. The van der Waals surface area contributed by atoms with E-state index >= 15 is 0 Å². The zero-order chi connectivity index (χ0) is 14.1. The third-order valence-corrected chi connectivity index (χ3v) is 4.71. The second-order valence-corrected chi connectivity index (χ2v) is 6.30. The molecular formula is C17H22N4. The lowest BCUT2D eigenvalue weighted by Gasteiger charge is -2.25. The van der Waals surface area contributed by atoms with Gasteiger partial charge >= 0.3 is 0 Å². The molecule has 2 aliphatic rings. The van der Waals surface area contributed by atoms with E-state index in [1.165, 1.54) is 43.2 Å². The van der Waals surface area contributed by atoms with Crippen LogP contribution in [-0.4, -0.2) is 20.8 Å². The summed E-state index contributed by atoms with van der Waals surface area (Å²) in [7, 11) is 0. The van der Waals surface area contributed by atoms with Crippen LogP contribution in [0.3, 0.4) is 0 Å². The number of aromatic nitrogens is 3. The van der Waals surface area contributed by atoms with Crippen LogP contribution in [0.4, 0.5) is 0 Å². The third kappa shape index (κ3) is 2.86. The summed E-state index contributed by atoms with van der Waals surface area (Å²) in [5.41, 5.74) is 3.03. The van der Waals surface area contributed by atoms with Crippen LogP contribution >= 0.6 is 0 Å². The molecule has 1 saturated carbocycles. The zero-order valence-electron chi connectivity index (χ0n) is 12.3. The number of fused-ring (bicyclic) bond motifs is 1. The van der Waals surface area contributed by atoms with Crippen molar-refractivity contribution >= 4 is 0 Å². The molecule has 1 aromatic heterocycles. The summed E-state index contributed by atoms with van der Waals surface area (Å²) in [6, 6.07) is 9.59. The van der Waals surface area contributed by atoms with Gasteiger partial charge in [0.15, 0.2) is 0 Å². The van der Waals surface area contributed by atoms with Crippen LogP contribution in [0.15, 0.2) is 30.6 Å². The monoisotopic (exact) mass is 282 g/mol. The summed E-state index contributed by atoms with van der Waals surface area (Å²) in [4.78, 5) is 4.43. The van der Waals surface area contributed by atoms with Crippen molar-refractivity contribution < 1.29 is 0 Å². The van der Waals surface area contributed by atoms with E-state index in [-0.39, 0.29) is 0 Å². The maximum Gasteiger partial charge on any atom is 0.140 e. The summed E-state index contributed by atoms with van der Waals surface area (Å²) < 4.78 is 2.10. The van der Waals surface area contributed by atoms with Crippen LogP contribution in [0.1, 0.15) is 48.6 Å². The SMILES string of the molecule is c1ccc2c(c1)CCCC2Cn1ncnc1CNC1CC1. The van der Waals surface area contributed by atoms with Crippen molar-refractivity contribution in [2.24, 2.45) is 0 Å². The van der Waals surface area contributed by atoms with E-state index in [1.807, 2.05) is 0 Å². The second-order valence-electron chi connectivity index (χ2n) is 6.30. The van der Waals surface area contributed by atoms with Gasteiger partial charge in [0.25, 0.3) is 0 Å². The highest BCUT2D eigenvalue weighted by Crippen LogP contribution is 2.32. The average Bonchev–Trinajstić information content (AvgIpc) is 3.25. The van der Waals surface area contributed by atoms with Crippen molar-refractivity contribution in [3.63, 3.8) is 0 Å². The van der Waals surface area contributed by atoms with Gasteiger partial charge in [0, 0.05) is 18.5 Å². The predicted molar refractivity (Wildman–Crippen MR) is 82.0 cm³/mol. The minimum absolute atomic E-state index is 0.580. The molecule has 2 aliphatic carbocycles. The molecule has 0 aliphatic heterocycles. The van der Waals surface area contributed by atoms with Crippen LogP contribution in [0.2, 0.25) is 0 Å². The van der Waals surface area contributed by atoms with Gasteiger partial charge in [0.1, 0.15) is 12.2 Å². The van der Waals surface area contributed by atoms with Crippen LogP contribution in [0.25, 0.3) is 0 Å². The molecule has 4 nitrogen and oxygen atoms in total. The Morgan fingerprint density at radius 1 is 1.19 bits per heavy atom. The van der Waals surface area contributed by atoms with Gasteiger partial charge in [0.05, 0.1) is 6.54 Å². The summed E-state index contributed by atoms with van der Waals surface area (Å²) >= 11 is 0. The van der Waals surface area contributed by atoms with Gasteiger partial charge in [-0.15, -0.1) is 0 Å². The number of hydrogen-bond acceptors (Lipinski definition) is 3. The number of benzene rings is 1. The van der Waals surface area contributed by atoms with E-state index in [1.54, 1.807) is 6.33 Å². The van der Waals surface area contributed by atoms with Crippen LogP contribution in [-0.2, 0) is 19.5 Å². The largest absolute Gasteiger partial charge is 0.307 e. The Kier molecular flexibility index (Phi) is 3.47. The Balaban J connectivity index is 1.50. The van der Waals surface area contributed by atoms with E-state index in [9.17, 15) is 0 Å².